The highest BCUT2D eigenvalue weighted by Crippen LogP contribution is 2.55. The molecular formula is C23H32O2. The number of hydrogen-bond donors (Lipinski definition) is 0. The van der Waals surface area contributed by atoms with Crippen molar-refractivity contribution in [2.24, 2.45) is 5.92 Å². The Morgan fingerprint density at radius 3 is 2.84 bits per heavy atom. The van der Waals surface area contributed by atoms with Crippen molar-refractivity contribution in [1.82, 2.24) is 0 Å². The molecule has 2 atom stereocenters. The average molecular weight is 341 g/mol. The van der Waals surface area contributed by atoms with Crippen LogP contribution in [0.4, 0.5) is 0 Å². The van der Waals surface area contributed by atoms with Crippen LogP contribution in [-0.2, 0) is 12.8 Å². The Kier molecular flexibility index (Phi) is 4.56. The monoisotopic (exact) mass is 340 g/mol. The Labute approximate surface area is 152 Å². The third-order valence-electron chi connectivity index (χ3n) is 6.41. The molecule has 0 aromatic heterocycles. The Morgan fingerprint density at radius 1 is 1.16 bits per heavy atom. The summed E-state index contributed by atoms with van der Waals surface area (Å²) in [6.45, 7) is 7.66. The summed E-state index contributed by atoms with van der Waals surface area (Å²) in [5.41, 5.74) is 4.23. The maximum atomic E-state index is 6.59. The van der Waals surface area contributed by atoms with Crippen molar-refractivity contribution in [1.29, 1.82) is 0 Å². The Balaban J connectivity index is 1.80. The van der Waals surface area contributed by atoms with Crippen LogP contribution in [-0.4, -0.2) is 12.2 Å². The van der Waals surface area contributed by atoms with Gasteiger partial charge >= 0.3 is 0 Å². The fraction of sp³-hybridized carbons (Fsp3) is 0.652. The first kappa shape index (κ1) is 17.0. The van der Waals surface area contributed by atoms with Crippen molar-refractivity contribution in [2.75, 3.05) is 6.61 Å². The SMILES string of the molecule is CCCCCc1cc2c(c3c1CCCO3)[C@@H]1CC=CC[C@H]1C(C)(C)O2. The van der Waals surface area contributed by atoms with Gasteiger partial charge in [0.15, 0.2) is 0 Å². The van der Waals surface area contributed by atoms with Crippen LogP contribution in [0.2, 0.25) is 0 Å². The summed E-state index contributed by atoms with van der Waals surface area (Å²) in [6.07, 6.45) is 14.2. The second-order valence-corrected chi connectivity index (χ2v) is 8.53. The summed E-state index contributed by atoms with van der Waals surface area (Å²) < 4.78 is 12.9. The highest BCUT2D eigenvalue weighted by molar-refractivity contribution is 5.58. The van der Waals surface area contributed by atoms with E-state index in [4.69, 9.17) is 9.47 Å². The van der Waals surface area contributed by atoms with E-state index < -0.39 is 0 Å². The number of hydrogen-bond acceptors (Lipinski definition) is 2. The topological polar surface area (TPSA) is 18.5 Å². The third-order valence-corrected chi connectivity index (χ3v) is 6.41. The number of unbranched alkanes of at least 4 members (excludes halogenated alkanes) is 2. The minimum absolute atomic E-state index is 0.105. The van der Waals surface area contributed by atoms with E-state index in [2.05, 4.69) is 39.0 Å². The Hall–Kier alpha value is -1.44. The van der Waals surface area contributed by atoms with Crippen molar-refractivity contribution in [3.8, 4) is 11.5 Å². The number of rotatable bonds is 4. The molecule has 136 valence electrons. The number of fused-ring (bicyclic) bond motifs is 5. The second-order valence-electron chi connectivity index (χ2n) is 8.53. The number of benzene rings is 1. The lowest BCUT2D eigenvalue weighted by molar-refractivity contribution is 0.00783. The van der Waals surface area contributed by atoms with Crippen molar-refractivity contribution >= 4 is 0 Å². The molecule has 0 spiro atoms. The molecule has 0 unspecified atom stereocenters. The van der Waals surface area contributed by atoms with Crippen molar-refractivity contribution in [3.63, 3.8) is 0 Å². The summed E-state index contributed by atoms with van der Waals surface area (Å²) in [5, 5.41) is 0. The molecule has 0 amide bonds. The first-order chi connectivity index (χ1) is 12.1. The van der Waals surface area contributed by atoms with Gasteiger partial charge in [0.25, 0.3) is 0 Å². The fourth-order valence-corrected chi connectivity index (χ4v) is 5.09. The van der Waals surface area contributed by atoms with Gasteiger partial charge in [0.1, 0.15) is 17.1 Å². The molecule has 3 aliphatic rings. The van der Waals surface area contributed by atoms with E-state index in [1.165, 1.54) is 48.1 Å². The second kappa shape index (κ2) is 6.70. The quantitative estimate of drug-likeness (QED) is 0.497. The van der Waals surface area contributed by atoms with E-state index in [0.717, 1.165) is 38.0 Å². The minimum atomic E-state index is -0.105. The molecular weight excluding hydrogens is 308 g/mol. The predicted octanol–water partition coefficient (Wildman–Crippen LogP) is 5.97. The van der Waals surface area contributed by atoms with Crippen molar-refractivity contribution < 1.29 is 9.47 Å². The molecule has 0 fully saturated rings. The minimum Gasteiger partial charge on any atom is -0.493 e. The molecule has 1 aromatic carbocycles. The average Bonchev–Trinajstić information content (AvgIpc) is 2.61. The highest BCUT2D eigenvalue weighted by atomic mass is 16.5. The van der Waals surface area contributed by atoms with Gasteiger partial charge in [-0.05, 0) is 69.6 Å². The molecule has 2 heterocycles. The molecule has 1 aromatic rings. The lowest BCUT2D eigenvalue weighted by Crippen LogP contribution is -2.45. The number of ether oxygens (including phenoxy) is 2. The van der Waals surface area contributed by atoms with E-state index in [-0.39, 0.29) is 5.60 Å². The maximum absolute atomic E-state index is 6.59. The number of aryl methyl sites for hydroxylation is 1. The zero-order valence-electron chi connectivity index (χ0n) is 16.1. The van der Waals surface area contributed by atoms with Gasteiger partial charge in [-0.15, -0.1) is 0 Å². The first-order valence-electron chi connectivity index (χ1n) is 10.3. The molecule has 0 saturated carbocycles. The van der Waals surface area contributed by atoms with E-state index in [0.29, 0.717) is 11.8 Å². The predicted molar refractivity (Wildman–Crippen MR) is 103 cm³/mol. The largest absolute Gasteiger partial charge is 0.493 e. The van der Waals surface area contributed by atoms with Gasteiger partial charge in [-0.2, -0.15) is 0 Å². The van der Waals surface area contributed by atoms with Crippen LogP contribution in [0.3, 0.4) is 0 Å². The van der Waals surface area contributed by atoms with E-state index in [1.54, 1.807) is 0 Å². The van der Waals surface area contributed by atoms with Crippen LogP contribution in [0.15, 0.2) is 18.2 Å². The standard InChI is InChI=1S/C23H32O2/c1-4-5-6-10-16-15-20-21(22-17(16)12-9-14-24-22)18-11-7-8-13-19(18)23(2,3)25-20/h7-8,15,18-19H,4-6,9-14H2,1-3H3/t18-,19-/m1/s1. The smallest absolute Gasteiger partial charge is 0.129 e. The molecule has 1 aliphatic carbocycles. The van der Waals surface area contributed by atoms with Gasteiger partial charge in [0.05, 0.1) is 6.61 Å². The van der Waals surface area contributed by atoms with Gasteiger partial charge in [0, 0.05) is 17.4 Å². The lowest BCUT2D eigenvalue weighted by Gasteiger charge is -2.47. The van der Waals surface area contributed by atoms with Crippen LogP contribution >= 0.6 is 0 Å². The lowest BCUT2D eigenvalue weighted by atomic mass is 9.68. The summed E-state index contributed by atoms with van der Waals surface area (Å²) in [5.74, 6) is 3.38. The fourth-order valence-electron chi connectivity index (χ4n) is 5.09. The van der Waals surface area contributed by atoms with Crippen molar-refractivity contribution in [2.45, 2.75) is 83.7 Å². The molecule has 0 radical (unpaired) electrons. The first-order valence-corrected chi connectivity index (χ1v) is 10.3. The third kappa shape index (κ3) is 2.98. The summed E-state index contributed by atoms with van der Waals surface area (Å²) in [4.78, 5) is 0. The van der Waals surface area contributed by atoms with Crippen LogP contribution < -0.4 is 9.47 Å². The molecule has 0 bridgehead atoms. The van der Waals surface area contributed by atoms with Gasteiger partial charge in [-0.25, -0.2) is 0 Å². The maximum Gasteiger partial charge on any atom is 0.129 e. The zero-order chi connectivity index (χ0) is 17.4. The van der Waals surface area contributed by atoms with Crippen molar-refractivity contribution in [3.05, 3.63) is 34.9 Å². The van der Waals surface area contributed by atoms with Gasteiger partial charge in [-0.3, -0.25) is 0 Å². The number of allylic oxidation sites excluding steroid dienone is 2. The zero-order valence-corrected chi connectivity index (χ0v) is 16.1. The van der Waals surface area contributed by atoms with Crippen LogP contribution in [0.5, 0.6) is 11.5 Å². The molecule has 25 heavy (non-hydrogen) atoms. The van der Waals surface area contributed by atoms with Crippen LogP contribution in [0.25, 0.3) is 0 Å². The molecule has 4 rings (SSSR count). The molecule has 2 heteroatoms. The van der Waals surface area contributed by atoms with E-state index in [1.807, 2.05) is 0 Å². The van der Waals surface area contributed by atoms with Gasteiger partial charge in [0.2, 0.25) is 0 Å². The molecule has 0 N–H and O–H groups in total. The molecule has 2 aliphatic heterocycles. The van der Waals surface area contributed by atoms with Gasteiger partial charge in [-0.1, -0.05) is 31.9 Å². The normalized spacial score (nSPS) is 26.0. The summed E-state index contributed by atoms with van der Waals surface area (Å²) in [7, 11) is 0. The summed E-state index contributed by atoms with van der Waals surface area (Å²) in [6, 6.07) is 2.37. The highest BCUT2D eigenvalue weighted by Gasteiger charge is 2.46. The molecule has 0 saturated heterocycles. The van der Waals surface area contributed by atoms with E-state index in [9.17, 15) is 0 Å². The van der Waals surface area contributed by atoms with Gasteiger partial charge < -0.3 is 9.47 Å². The molecule has 2 nitrogen and oxygen atoms in total. The van der Waals surface area contributed by atoms with E-state index >= 15 is 0 Å². The van der Waals surface area contributed by atoms with Crippen LogP contribution in [0, 0.1) is 5.92 Å². The van der Waals surface area contributed by atoms with Crippen LogP contribution in [0.1, 0.15) is 81.9 Å². The Bertz CT molecular complexity index is 671. The summed E-state index contributed by atoms with van der Waals surface area (Å²) >= 11 is 0. The Morgan fingerprint density at radius 2 is 2.00 bits per heavy atom.